The van der Waals surface area contributed by atoms with Gasteiger partial charge in [-0.1, -0.05) is 25.1 Å². The van der Waals surface area contributed by atoms with Gasteiger partial charge in [0.15, 0.2) is 0 Å². The second-order valence-electron chi connectivity index (χ2n) is 6.70. The van der Waals surface area contributed by atoms with E-state index in [1.807, 2.05) is 0 Å². The third-order valence-electron chi connectivity index (χ3n) is 5.24. The van der Waals surface area contributed by atoms with Crippen molar-refractivity contribution in [1.29, 1.82) is 0 Å². The van der Waals surface area contributed by atoms with Gasteiger partial charge < -0.3 is 10.2 Å². The van der Waals surface area contributed by atoms with Crippen LogP contribution in [-0.4, -0.2) is 55.1 Å². The summed E-state index contributed by atoms with van der Waals surface area (Å²) in [5, 5.41) is 3.60. The van der Waals surface area contributed by atoms with E-state index in [9.17, 15) is 0 Å². The van der Waals surface area contributed by atoms with Crippen LogP contribution in [0.4, 0.5) is 5.69 Å². The first-order valence-corrected chi connectivity index (χ1v) is 8.54. The maximum atomic E-state index is 3.60. The standard InChI is InChI=1S/C18H29N3/c1-3-15(2)21-10-8-20(9-11-21)14-16-12-17-6-4-5-7-18(17)19-13-16/h4-7,15-16,19H,3,8-14H2,1-2H3. The zero-order valence-electron chi connectivity index (χ0n) is 13.5. The lowest BCUT2D eigenvalue weighted by Crippen LogP contribution is -2.51. The molecule has 3 heteroatoms. The summed E-state index contributed by atoms with van der Waals surface area (Å²) in [5.41, 5.74) is 2.84. The van der Waals surface area contributed by atoms with Gasteiger partial charge in [0.25, 0.3) is 0 Å². The molecule has 3 nitrogen and oxygen atoms in total. The molecule has 3 rings (SSSR count). The molecular formula is C18H29N3. The number of piperazine rings is 1. The number of hydrogen-bond acceptors (Lipinski definition) is 3. The number of anilines is 1. The molecule has 0 bridgehead atoms. The summed E-state index contributed by atoms with van der Waals surface area (Å²) in [5.74, 6) is 0.759. The predicted molar refractivity (Wildman–Crippen MR) is 89.9 cm³/mol. The molecule has 1 aromatic carbocycles. The predicted octanol–water partition coefficient (Wildman–Crippen LogP) is 2.69. The van der Waals surface area contributed by atoms with Gasteiger partial charge in [0.05, 0.1) is 0 Å². The van der Waals surface area contributed by atoms with Crippen LogP contribution < -0.4 is 5.32 Å². The van der Waals surface area contributed by atoms with E-state index in [1.165, 1.54) is 56.8 Å². The van der Waals surface area contributed by atoms with E-state index >= 15 is 0 Å². The van der Waals surface area contributed by atoms with Crippen LogP contribution in [0, 0.1) is 5.92 Å². The van der Waals surface area contributed by atoms with Crippen LogP contribution in [0.15, 0.2) is 24.3 Å². The van der Waals surface area contributed by atoms with Gasteiger partial charge in [0.1, 0.15) is 0 Å². The van der Waals surface area contributed by atoms with Gasteiger partial charge in [-0.2, -0.15) is 0 Å². The van der Waals surface area contributed by atoms with Crippen LogP contribution in [0.5, 0.6) is 0 Å². The van der Waals surface area contributed by atoms with Crippen molar-refractivity contribution in [3.63, 3.8) is 0 Å². The summed E-state index contributed by atoms with van der Waals surface area (Å²) in [6.45, 7) is 12.0. The van der Waals surface area contributed by atoms with Crippen LogP contribution >= 0.6 is 0 Å². The van der Waals surface area contributed by atoms with E-state index in [1.54, 1.807) is 0 Å². The SMILES string of the molecule is CCC(C)N1CCN(CC2CNc3ccccc3C2)CC1. The van der Waals surface area contributed by atoms with Crippen molar-refractivity contribution < 1.29 is 0 Å². The minimum Gasteiger partial charge on any atom is -0.384 e. The van der Waals surface area contributed by atoms with Crippen molar-refractivity contribution in [2.24, 2.45) is 5.92 Å². The molecule has 116 valence electrons. The molecule has 0 saturated carbocycles. The number of fused-ring (bicyclic) bond motifs is 1. The van der Waals surface area contributed by atoms with E-state index in [0.717, 1.165) is 18.5 Å². The molecule has 2 unspecified atom stereocenters. The van der Waals surface area contributed by atoms with Gasteiger partial charge in [0, 0.05) is 51.0 Å². The summed E-state index contributed by atoms with van der Waals surface area (Å²) in [4.78, 5) is 5.31. The summed E-state index contributed by atoms with van der Waals surface area (Å²) in [7, 11) is 0. The molecule has 1 fully saturated rings. The summed E-state index contributed by atoms with van der Waals surface area (Å²) >= 11 is 0. The molecule has 0 amide bonds. The van der Waals surface area contributed by atoms with Crippen molar-refractivity contribution in [3.8, 4) is 0 Å². The molecule has 1 saturated heterocycles. The highest BCUT2D eigenvalue weighted by atomic mass is 15.3. The Hall–Kier alpha value is -1.06. The molecule has 0 radical (unpaired) electrons. The highest BCUT2D eigenvalue weighted by Crippen LogP contribution is 2.25. The number of rotatable bonds is 4. The second kappa shape index (κ2) is 6.80. The van der Waals surface area contributed by atoms with Gasteiger partial charge in [-0.15, -0.1) is 0 Å². The van der Waals surface area contributed by atoms with Crippen molar-refractivity contribution in [2.75, 3.05) is 44.6 Å². The Balaban J connectivity index is 1.48. The molecule has 2 aliphatic rings. The monoisotopic (exact) mass is 287 g/mol. The molecule has 21 heavy (non-hydrogen) atoms. The Labute approximate surface area is 129 Å². The van der Waals surface area contributed by atoms with Crippen LogP contribution in [0.2, 0.25) is 0 Å². The minimum atomic E-state index is 0.746. The van der Waals surface area contributed by atoms with Gasteiger partial charge in [0.2, 0.25) is 0 Å². The van der Waals surface area contributed by atoms with E-state index in [-0.39, 0.29) is 0 Å². The summed E-state index contributed by atoms with van der Waals surface area (Å²) in [6, 6.07) is 9.51. The highest BCUT2D eigenvalue weighted by Gasteiger charge is 2.24. The Morgan fingerprint density at radius 1 is 1.19 bits per heavy atom. The molecule has 1 N–H and O–H groups in total. The van der Waals surface area contributed by atoms with Crippen LogP contribution in [0.3, 0.4) is 0 Å². The molecule has 0 aliphatic carbocycles. The van der Waals surface area contributed by atoms with Crippen LogP contribution in [0.1, 0.15) is 25.8 Å². The molecule has 1 aromatic rings. The fourth-order valence-corrected chi connectivity index (χ4v) is 3.65. The minimum absolute atomic E-state index is 0.746. The molecule has 2 aliphatic heterocycles. The third-order valence-corrected chi connectivity index (χ3v) is 5.24. The molecule has 0 aromatic heterocycles. The first kappa shape index (κ1) is 14.9. The Bertz CT molecular complexity index is 452. The van der Waals surface area contributed by atoms with E-state index in [4.69, 9.17) is 0 Å². The average Bonchev–Trinajstić information content (AvgIpc) is 2.55. The van der Waals surface area contributed by atoms with Crippen molar-refractivity contribution in [1.82, 2.24) is 9.80 Å². The maximum Gasteiger partial charge on any atom is 0.0372 e. The smallest absolute Gasteiger partial charge is 0.0372 e. The molecule has 0 spiro atoms. The number of nitrogens with one attached hydrogen (secondary N) is 1. The van der Waals surface area contributed by atoms with Crippen LogP contribution in [0.25, 0.3) is 0 Å². The number of para-hydroxylation sites is 1. The largest absolute Gasteiger partial charge is 0.384 e. The van der Waals surface area contributed by atoms with Gasteiger partial charge in [-0.05, 0) is 37.3 Å². The Morgan fingerprint density at radius 2 is 1.95 bits per heavy atom. The zero-order chi connectivity index (χ0) is 14.7. The fourth-order valence-electron chi connectivity index (χ4n) is 3.65. The second-order valence-corrected chi connectivity index (χ2v) is 6.70. The lowest BCUT2D eigenvalue weighted by molar-refractivity contribution is 0.0908. The summed E-state index contributed by atoms with van der Waals surface area (Å²) < 4.78 is 0. The number of benzene rings is 1. The van der Waals surface area contributed by atoms with E-state index in [2.05, 4.69) is 53.2 Å². The van der Waals surface area contributed by atoms with Gasteiger partial charge in [-0.25, -0.2) is 0 Å². The van der Waals surface area contributed by atoms with Crippen molar-refractivity contribution in [2.45, 2.75) is 32.7 Å². The normalized spacial score (nSPS) is 25.1. The topological polar surface area (TPSA) is 18.5 Å². The Kier molecular flexibility index (Phi) is 4.81. The first-order valence-electron chi connectivity index (χ1n) is 8.54. The van der Waals surface area contributed by atoms with Gasteiger partial charge in [-0.3, -0.25) is 4.90 Å². The zero-order valence-corrected chi connectivity index (χ0v) is 13.5. The first-order chi connectivity index (χ1) is 10.3. The lowest BCUT2D eigenvalue weighted by Gasteiger charge is -2.39. The van der Waals surface area contributed by atoms with Crippen molar-refractivity contribution in [3.05, 3.63) is 29.8 Å². The number of hydrogen-bond donors (Lipinski definition) is 1. The number of nitrogens with zero attached hydrogens (tertiary/aromatic N) is 2. The van der Waals surface area contributed by atoms with Gasteiger partial charge >= 0.3 is 0 Å². The molecule has 2 atom stereocenters. The van der Waals surface area contributed by atoms with E-state index in [0.29, 0.717) is 0 Å². The van der Waals surface area contributed by atoms with Crippen molar-refractivity contribution >= 4 is 5.69 Å². The lowest BCUT2D eigenvalue weighted by atomic mass is 9.93. The molecule has 2 heterocycles. The highest BCUT2D eigenvalue weighted by molar-refractivity contribution is 5.53. The quantitative estimate of drug-likeness (QED) is 0.918. The van der Waals surface area contributed by atoms with Crippen LogP contribution in [-0.2, 0) is 6.42 Å². The molecular weight excluding hydrogens is 258 g/mol. The third kappa shape index (κ3) is 3.58. The summed E-state index contributed by atoms with van der Waals surface area (Å²) in [6.07, 6.45) is 2.50. The van der Waals surface area contributed by atoms with E-state index < -0.39 is 0 Å². The Morgan fingerprint density at radius 3 is 2.71 bits per heavy atom. The fraction of sp³-hybridized carbons (Fsp3) is 0.667. The average molecular weight is 287 g/mol. The maximum absolute atomic E-state index is 3.60.